The van der Waals surface area contributed by atoms with Crippen LogP contribution < -0.4 is 14.9 Å². The molecule has 0 heterocycles. The van der Waals surface area contributed by atoms with Gasteiger partial charge in [0.25, 0.3) is 5.91 Å². The summed E-state index contributed by atoms with van der Waals surface area (Å²) < 4.78 is 12.0. The molecule has 1 amide bonds. The van der Waals surface area contributed by atoms with E-state index in [0.29, 0.717) is 23.0 Å². The number of carbonyl (C=O) groups is 1. The number of terminal acetylenes is 1. The zero-order chi connectivity index (χ0) is 20.5. The van der Waals surface area contributed by atoms with Gasteiger partial charge in [-0.1, -0.05) is 47.8 Å². The molecule has 2 aromatic carbocycles. The van der Waals surface area contributed by atoms with Gasteiger partial charge in [0, 0.05) is 10.0 Å². The van der Waals surface area contributed by atoms with Gasteiger partial charge in [-0.3, -0.25) is 4.79 Å². The number of rotatable bonds is 8. The summed E-state index contributed by atoms with van der Waals surface area (Å²) in [6, 6.07) is 11.5. The molecule has 0 saturated carbocycles. The van der Waals surface area contributed by atoms with Crippen LogP contribution in [0.4, 0.5) is 0 Å². The Bertz CT molecular complexity index is 901. The number of hydrazone groups is 1. The zero-order valence-electron chi connectivity index (χ0n) is 16.2. The molecule has 0 atom stereocenters. The fourth-order valence-electron chi connectivity index (χ4n) is 2.35. The van der Waals surface area contributed by atoms with E-state index in [1.165, 1.54) is 6.21 Å². The van der Waals surface area contributed by atoms with Crippen molar-refractivity contribution in [3.05, 3.63) is 57.6 Å². The summed E-state index contributed by atoms with van der Waals surface area (Å²) in [5.41, 5.74) is 5.28. The van der Waals surface area contributed by atoms with Gasteiger partial charge in [-0.2, -0.15) is 5.10 Å². The Morgan fingerprint density at radius 2 is 2.04 bits per heavy atom. The van der Waals surface area contributed by atoms with Crippen LogP contribution in [-0.2, 0) is 4.79 Å². The third-order valence-corrected chi connectivity index (χ3v) is 4.41. The first kappa shape index (κ1) is 21.5. The van der Waals surface area contributed by atoms with Crippen LogP contribution in [0.1, 0.15) is 36.5 Å². The van der Waals surface area contributed by atoms with E-state index in [0.717, 1.165) is 15.6 Å². The van der Waals surface area contributed by atoms with Gasteiger partial charge in [-0.15, -0.1) is 6.42 Å². The van der Waals surface area contributed by atoms with Crippen LogP contribution in [0, 0.1) is 19.3 Å². The van der Waals surface area contributed by atoms with Gasteiger partial charge in [0.15, 0.2) is 6.61 Å². The topological polar surface area (TPSA) is 59.9 Å². The number of hydrogen-bond acceptors (Lipinski definition) is 4. The molecule has 0 aliphatic carbocycles. The highest BCUT2D eigenvalue weighted by Gasteiger charge is 2.08. The highest BCUT2D eigenvalue weighted by Crippen LogP contribution is 2.24. The predicted octanol–water partition coefficient (Wildman–Crippen LogP) is 4.42. The molecule has 2 rings (SSSR count). The average Bonchev–Trinajstić information content (AvgIpc) is 2.66. The van der Waals surface area contributed by atoms with Crippen molar-refractivity contribution in [2.75, 3.05) is 13.2 Å². The third-order valence-electron chi connectivity index (χ3n) is 3.91. The first-order valence-corrected chi connectivity index (χ1v) is 9.61. The van der Waals surface area contributed by atoms with Gasteiger partial charge >= 0.3 is 0 Å². The monoisotopic (exact) mass is 442 g/mol. The van der Waals surface area contributed by atoms with Crippen LogP contribution in [-0.4, -0.2) is 25.3 Å². The van der Waals surface area contributed by atoms with E-state index in [4.69, 9.17) is 15.9 Å². The van der Waals surface area contributed by atoms with Crippen LogP contribution in [0.5, 0.6) is 11.5 Å². The van der Waals surface area contributed by atoms with Crippen LogP contribution in [0.2, 0.25) is 0 Å². The number of nitrogens with one attached hydrogen (secondary N) is 1. The number of nitrogens with zero attached hydrogens (tertiary/aromatic N) is 1. The molecule has 0 spiro atoms. The van der Waals surface area contributed by atoms with Gasteiger partial charge in [-0.25, -0.2) is 5.43 Å². The number of aryl methyl sites for hydroxylation is 1. The van der Waals surface area contributed by atoms with Gasteiger partial charge in [-0.05, 0) is 48.2 Å². The number of benzene rings is 2. The minimum Gasteiger partial charge on any atom is -0.483 e. The normalized spacial score (nSPS) is 10.7. The Labute approximate surface area is 174 Å². The molecule has 6 heteroatoms. The number of halogens is 1. The Kier molecular flexibility index (Phi) is 8.09. The lowest BCUT2D eigenvalue weighted by Crippen LogP contribution is -2.24. The predicted molar refractivity (Wildman–Crippen MR) is 115 cm³/mol. The minimum absolute atomic E-state index is 0.126. The van der Waals surface area contributed by atoms with Gasteiger partial charge in [0.1, 0.15) is 18.1 Å². The van der Waals surface area contributed by atoms with Crippen LogP contribution in [0.15, 0.2) is 46.0 Å². The number of ether oxygens (including phenoxy) is 2. The molecule has 2 aromatic rings. The Hall–Kier alpha value is -2.78. The molecular weight excluding hydrogens is 420 g/mol. The molecule has 146 valence electrons. The summed E-state index contributed by atoms with van der Waals surface area (Å²) in [6.07, 6.45) is 6.72. The molecule has 0 bridgehead atoms. The van der Waals surface area contributed by atoms with Crippen molar-refractivity contribution in [2.45, 2.75) is 26.7 Å². The first-order chi connectivity index (χ1) is 13.4. The molecule has 0 aliphatic heterocycles. The van der Waals surface area contributed by atoms with E-state index in [1.807, 2.05) is 31.2 Å². The van der Waals surface area contributed by atoms with E-state index >= 15 is 0 Å². The van der Waals surface area contributed by atoms with Gasteiger partial charge in [0.2, 0.25) is 0 Å². The van der Waals surface area contributed by atoms with E-state index < -0.39 is 0 Å². The quantitative estimate of drug-likeness (QED) is 0.373. The maximum atomic E-state index is 12.0. The van der Waals surface area contributed by atoms with Gasteiger partial charge in [0.05, 0.1) is 6.21 Å². The molecule has 0 radical (unpaired) electrons. The fraction of sp³-hybridized carbons (Fsp3) is 0.273. The van der Waals surface area contributed by atoms with E-state index in [-0.39, 0.29) is 19.1 Å². The van der Waals surface area contributed by atoms with Crippen molar-refractivity contribution in [1.29, 1.82) is 0 Å². The number of hydrogen-bond donors (Lipinski definition) is 1. The summed E-state index contributed by atoms with van der Waals surface area (Å²) in [6.45, 7) is 6.19. The summed E-state index contributed by atoms with van der Waals surface area (Å²) in [5, 5.41) is 3.97. The van der Waals surface area contributed by atoms with E-state index in [9.17, 15) is 4.79 Å². The van der Waals surface area contributed by atoms with Crippen molar-refractivity contribution in [3.8, 4) is 23.8 Å². The maximum Gasteiger partial charge on any atom is 0.277 e. The third kappa shape index (κ3) is 6.43. The zero-order valence-corrected chi connectivity index (χ0v) is 17.7. The second kappa shape index (κ2) is 10.5. The lowest BCUT2D eigenvalue weighted by Gasteiger charge is -2.12. The molecule has 1 N–H and O–H groups in total. The second-order valence-corrected chi connectivity index (χ2v) is 7.35. The second-order valence-electron chi connectivity index (χ2n) is 6.44. The largest absolute Gasteiger partial charge is 0.483 e. The first-order valence-electron chi connectivity index (χ1n) is 8.81. The summed E-state index contributed by atoms with van der Waals surface area (Å²) in [5.74, 6) is 3.72. The summed E-state index contributed by atoms with van der Waals surface area (Å²) >= 11 is 3.39. The Morgan fingerprint density at radius 1 is 1.25 bits per heavy atom. The van der Waals surface area contributed by atoms with Crippen molar-refractivity contribution < 1.29 is 14.3 Å². The number of carbonyl (C=O) groups excluding carboxylic acids is 1. The standard InChI is InChI=1S/C22H23BrN2O3/c1-5-10-27-20-9-8-19(23)11-18(20)13-24-25-22(26)14-28-21-12-17(15(2)3)7-6-16(21)4/h1,6-9,11-13,15H,10,14H2,2-4H3,(H,25,26)/b24-13-. The molecule has 28 heavy (non-hydrogen) atoms. The van der Waals surface area contributed by atoms with Crippen LogP contribution in [0.3, 0.4) is 0 Å². The number of amides is 1. The van der Waals surface area contributed by atoms with Gasteiger partial charge < -0.3 is 9.47 Å². The summed E-state index contributed by atoms with van der Waals surface area (Å²) in [4.78, 5) is 12.0. The Balaban J connectivity index is 1.95. The fourth-order valence-corrected chi connectivity index (χ4v) is 2.73. The summed E-state index contributed by atoms with van der Waals surface area (Å²) in [7, 11) is 0. The van der Waals surface area contributed by atoms with E-state index in [1.54, 1.807) is 6.07 Å². The smallest absolute Gasteiger partial charge is 0.277 e. The minimum atomic E-state index is -0.355. The molecule has 0 saturated heterocycles. The average molecular weight is 443 g/mol. The molecule has 0 fully saturated rings. The highest BCUT2D eigenvalue weighted by atomic mass is 79.9. The Morgan fingerprint density at radius 3 is 2.75 bits per heavy atom. The SMILES string of the molecule is C#CCOc1ccc(Br)cc1/C=N\NC(=O)COc1cc(C(C)C)ccc1C. The lowest BCUT2D eigenvalue weighted by atomic mass is 10.0. The molecule has 0 aliphatic rings. The lowest BCUT2D eigenvalue weighted by molar-refractivity contribution is -0.123. The molecule has 5 nitrogen and oxygen atoms in total. The van der Waals surface area contributed by atoms with E-state index in [2.05, 4.69) is 52.3 Å². The van der Waals surface area contributed by atoms with Crippen molar-refractivity contribution in [1.82, 2.24) is 5.43 Å². The highest BCUT2D eigenvalue weighted by molar-refractivity contribution is 9.10. The van der Waals surface area contributed by atoms with Crippen molar-refractivity contribution in [2.24, 2.45) is 5.10 Å². The van der Waals surface area contributed by atoms with Crippen molar-refractivity contribution in [3.63, 3.8) is 0 Å². The van der Waals surface area contributed by atoms with Crippen molar-refractivity contribution >= 4 is 28.1 Å². The molecular formula is C22H23BrN2O3. The van der Waals surface area contributed by atoms with Crippen LogP contribution >= 0.6 is 15.9 Å². The molecule has 0 aromatic heterocycles. The van der Waals surface area contributed by atoms with Crippen LogP contribution in [0.25, 0.3) is 0 Å². The molecule has 0 unspecified atom stereocenters. The maximum absolute atomic E-state index is 12.0.